The molecule has 11 heteroatoms. The van der Waals surface area contributed by atoms with Gasteiger partial charge in [-0.2, -0.15) is 13.2 Å². The van der Waals surface area contributed by atoms with Crippen LogP contribution in [0.4, 0.5) is 18.9 Å². The Hall–Kier alpha value is -1.97. The summed E-state index contributed by atoms with van der Waals surface area (Å²) in [6.07, 6.45) is -1.02. The minimum Gasteiger partial charge on any atom is -0.349 e. The Balaban J connectivity index is 1.91. The van der Waals surface area contributed by atoms with Gasteiger partial charge in [-0.3, -0.25) is 9.52 Å². The number of nitrogens with one attached hydrogen (secondary N) is 2. The van der Waals surface area contributed by atoms with E-state index in [0.29, 0.717) is 6.07 Å². The minimum absolute atomic E-state index is 0.0208. The first kappa shape index (κ1) is 22.7. The van der Waals surface area contributed by atoms with E-state index in [2.05, 4.69) is 10.0 Å². The number of hydrogen-bond acceptors (Lipinski definition) is 3. The molecule has 2 aromatic carbocycles. The SMILES string of the molecule is O=C(NC1CCCC1)c1cc(S(=O)(=O)Nc2cccc(C(F)(F)F)c2)c(Cl)cc1Cl. The van der Waals surface area contributed by atoms with Crippen molar-refractivity contribution in [2.24, 2.45) is 0 Å². The van der Waals surface area contributed by atoms with Gasteiger partial charge >= 0.3 is 6.18 Å². The van der Waals surface area contributed by atoms with Gasteiger partial charge in [0.15, 0.2) is 0 Å². The van der Waals surface area contributed by atoms with Crippen LogP contribution >= 0.6 is 23.2 Å². The Bertz CT molecular complexity index is 1070. The van der Waals surface area contributed by atoms with Crippen LogP contribution in [0.5, 0.6) is 0 Å². The van der Waals surface area contributed by atoms with E-state index in [1.165, 1.54) is 6.07 Å². The van der Waals surface area contributed by atoms with E-state index in [0.717, 1.165) is 49.9 Å². The summed E-state index contributed by atoms with van der Waals surface area (Å²) in [6.45, 7) is 0. The maximum atomic E-state index is 12.9. The number of anilines is 1. The number of alkyl halides is 3. The summed E-state index contributed by atoms with van der Waals surface area (Å²) in [4.78, 5) is 12.1. The zero-order valence-corrected chi connectivity index (χ0v) is 17.7. The summed E-state index contributed by atoms with van der Waals surface area (Å²) in [5.74, 6) is -0.543. The van der Waals surface area contributed by atoms with Gasteiger partial charge in [-0.05, 0) is 43.2 Å². The quantitative estimate of drug-likeness (QED) is 0.594. The van der Waals surface area contributed by atoms with Gasteiger partial charge in [0.25, 0.3) is 15.9 Å². The highest BCUT2D eigenvalue weighted by Crippen LogP contribution is 2.33. The zero-order valence-electron chi connectivity index (χ0n) is 15.4. The lowest BCUT2D eigenvalue weighted by Crippen LogP contribution is -2.33. The summed E-state index contributed by atoms with van der Waals surface area (Å²) >= 11 is 12.1. The predicted molar refractivity (Wildman–Crippen MR) is 108 cm³/mol. The molecule has 162 valence electrons. The largest absolute Gasteiger partial charge is 0.416 e. The van der Waals surface area contributed by atoms with E-state index >= 15 is 0 Å². The second-order valence-corrected chi connectivity index (χ2v) is 9.37. The smallest absolute Gasteiger partial charge is 0.349 e. The molecule has 1 saturated carbocycles. The number of hydrogen-bond donors (Lipinski definition) is 2. The third-order valence-electron chi connectivity index (χ3n) is 4.69. The molecule has 2 N–H and O–H groups in total. The molecule has 0 heterocycles. The van der Waals surface area contributed by atoms with E-state index < -0.39 is 32.6 Å². The lowest BCUT2D eigenvalue weighted by molar-refractivity contribution is -0.137. The van der Waals surface area contributed by atoms with Gasteiger partial charge in [-0.25, -0.2) is 8.42 Å². The first-order valence-corrected chi connectivity index (χ1v) is 11.2. The standard InChI is InChI=1S/C19H17Cl2F3N2O3S/c20-15-10-16(21)17(9-14(15)18(27)25-12-5-1-2-6-12)30(28,29)26-13-7-3-4-11(8-13)19(22,23)24/h3-4,7-10,12,26H,1-2,5-6H2,(H,25,27). The maximum Gasteiger partial charge on any atom is 0.416 e. The van der Waals surface area contributed by atoms with Crippen molar-refractivity contribution in [3.05, 3.63) is 57.6 Å². The molecule has 30 heavy (non-hydrogen) atoms. The third-order valence-corrected chi connectivity index (χ3v) is 6.85. The summed E-state index contributed by atoms with van der Waals surface area (Å²) in [6, 6.07) is 5.84. The molecule has 1 fully saturated rings. The van der Waals surface area contributed by atoms with Crippen molar-refractivity contribution in [3.63, 3.8) is 0 Å². The number of sulfonamides is 1. The molecule has 0 aromatic heterocycles. The fourth-order valence-corrected chi connectivity index (χ4v) is 5.12. The van der Waals surface area contributed by atoms with Gasteiger partial charge in [0, 0.05) is 11.7 Å². The first-order chi connectivity index (χ1) is 14.0. The van der Waals surface area contributed by atoms with Gasteiger partial charge in [-0.1, -0.05) is 42.1 Å². The van der Waals surface area contributed by atoms with Crippen LogP contribution in [-0.4, -0.2) is 20.4 Å². The highest BCUT2D eigenvalue weighted by Gasteiger charge is 2.31. The molecule has 0 saturated heterocycles. The van der Waals surface area contributed by atoms with Crippen molar-refractivity contribution in [2.45, 2.75) is 42.8 Å². The lowest BCUT2D eigenvalue weighted by atomic mass is 10.2. The van der Waals surface area contributed by atoms with Crippen molar-refractivity contribution in [2.75, 3.05) is 4.72 Å². The van der Waals surface area contributed by atoms with Crippen LogP contribution in [0, 0.1) is 0 Å². The van der Waals surface area contributed by atoms with Gasteiger partial charge in [-0.15, -0.1) is 0 Å². The predicted octanol–water partition coefficient (Wildman–Crippen LogP) is 5.49. The van der Waals surface area contributed by atoms with Crippen LogP contribution in [0.2, 0.25) is 10.0 Å². The Morgan fingerprint density at radius 2 is 1.70 bits per heavy atom. The molecule has 1 amide bonds. The second-order valence-electron chi connectivity index (χ2n) is 6.90. The van der Waals surface area contributed by atoms with Crippen molar-refractivity contribution in [3.8, 4) is 0 Å². The Morgan fingerprint density at radius 3 is 2.33 bits per heavy atom. The highest BCUT2D eigenvalue weighted by molar-refractivity contribution is 7.92. The van der Waals surface area contributed by atoms with Crippen LogP contribution in [0.3, 0.4) is 0 Å². The number of carbonyl (C=O) groups is 1. The van der Waals surface area contributed by atoms with Crippen LogP contribution < -0.4 is 10.0 Å². The van der Waals surface area contributed by atoms with Crippen LogP contribution in [0.25, 0.3) is 0 Å². The molecule has 1 aliphatic carbocycles. The summed E-state index contributed by atoms with van der Waals surface area (Å²) in [7, 11) is -4.39. The first-order valence-electron chi connectivity index (χ1n) is 8.97. The number of halogens is 5. The van der Waals surface area contributed by atoms with Crippen molar-refractivity contribution < 1.29 is 26.4 Å². The molecule has 0 unspecified atom stereocenters. The Morgan fingerprint density at radius 1 is 1.03 bits per heavy atom. The van der Waals surface area contributed by atoms with Gasteiger partial charge in [0.2, 0.25) is 0 Å². The van der Waals surface area contributed by atoms with Gasteiger partial charge in [0.05, 0.1) is 21.2 Å². The van der Waals surface area contributed by atoms with E-state index in [-0.39, 0.29) is 27.3 Å². The third kappa shape index (κ3) is 5.19. The Kier molecular flexibility index (Phi) is 6.54. The number of rotatable bonds is 5. The van der Waals surface area contributed by atoms with E-state index in [9.17, 15) is 26.4 Å². The molecule has 0 spiro atoms. The molecule has 5 nitrogen and oxygen atoms in total. The average molecular weight is 481 g/mol. The van der Waals surface area contributed by atoms with Crippen LogP contribution in [-0.2, 0) is 16.2 Å². The van der Waals surface area contributed by atoms with Crippen molar-refractivity contribution in [1.82, 2.24) is 5.32 Å². The van der Waals surface area contributed by atoms with Gasteiger partial charge in [0.1, 0.15) is 4.90 Å². The van der Waals surface area contributed by atoms with Crippen molar-refractivity contribution >= 4 is 44.8 Å². The molecule has 1 aliphatic rings. The highest BCUT2D eigenvalue weighted by atomic mass is 35.5. The number of amides is 1. The lowest BCUT2D eigenvalue weighted by Gasteiger charge is -2.15. The van der Waals surface area contributed by atoms with Gasteiger partial charge < -0.3 is 5.32 Å². The topological polar surface area (TPSA) is 75.3 Å². The number of carbonyl (C=O) groups excluding carboxylic acids is 1. The normalized spacial score (nSPS) is 15.2. The zero-order chi connectivity index (χ0) is 22.1. The molecule has 0 bridgehead atoms. The number of benzene rings is 2. The molecule has 0 atom stereocenters. The fourth-order valence-electron chi connectivity index (χ4n) is 3.21. The van der Waals surface area contributed by atoms with E-state index in [1.807, 2.05) is 0 Å². The fraction of sp³-hybridized carbons (Fsp3) is 0.316. The van der Waals surface area contributed by atoms with E-state index in [4.69, 9.17) is 23.2 Å². The monoisotopic (exact) mass is 480 g/mol. The summed E-state index contributed by atoms with van der Waals surface area (Å²) in [5, 5.41) is 2.50. The van der Waals surface area contributed by atoms with Crippen LogP contribution in [0.1, 0.15) is 41.6 Å². The molecule has 2 aromatic rings. The average Bonchev–Trinajstić information content (AvgIpc) is 3.13. The molecule has 0 radical (unpaired) electrons. The summed E-state index contributed by atoms with van der Waals surface area (Å²) in [5.41, 5.74) is -1.40. The molecular weight excluding hydrogens is 464 g/mol. The summed E-state index contributed by atoms with van der Waals surface area (Å²) < 4.78 is 66.2. The molecule has 3 rings (SSSR count). The maximum absolute atomic E-state index is 12.9. The molecule has 0 aliphatic heterocycles. The van der Waals surface area contributed by atoms with E-state index in [1.54, 1.807) is 0 Å². The Labute approximate surface area is 181 Å². The van der Waals surface area contributed by atoms with Crippen molar-refractivity contribution in [1.29, 1.82) is 0 Å². The molecular formula is C19H17Cl2F3N2O3S. The second kappa shape index (κ2) is 8.64. The minimum atomic E-state index is -4.63. The van der Waals surface area contributed by atoms with Crippen LogP contribution in [0.15, 0.2) is 41.3 Å².